The lowest BCUT2D eigenvalue weighted by molar-refractivity contribution is -0.914. The van der Waals surface area contributed by atoms with E-state index in [1.54, 1.807) is 0 Å². The Balaban J connectivity index is 1.90. The molecule has 194 valence electrons. The van der Waals surface area contributed by atoms with E-state index >= 15 is 0 Å². The third-order valence-electron chi connectivity index (χ3n) is 6.00. The number of nitrogens with zero attached hydrogens (tertiary/aromatic N) is 3. The van der Waals surface area contributed by atoms with Gasteiger partial charge in [-0.05, 0) is 24.1 Å². The molecule has 0 aliphatic rings. The average Bonchev–Trinajstić information content (AvgIpc) is 2.82. The number of aryl methyl sites for hydroxylation is 1. The van der Waals surface area contributed by atoms with Gasteiger partial charge in [0.25, 0.3) is 5.91 Å². The summed E-state index contributed by atoms with van der Waals surface area (Å²) in [7, 11) is 4.34. The van der Waals surface area contributed by atoms with Gasteiger partial charge in [0.2, 0.25) is 0 Å². The molecule has 1 aromatic carbocycles. The standard InChI is InChI=1S/C24H37ClN6O4/c1-4-6-17(13-28-24(34)20-22(26)30-23(27)21(25)29-20)31(2,3)12-5-7-16-8-10-19(11-9-16)35-15-18(33)14-32/h8-11,17-18,32-33H,4-7,12-15H2,1-3H3,(H4-,26,27,28,30,34)/p+1/t17-,18+/m0/s1. The number of halogens is 1. The zero-order valence-corrected chi connectivity index (χ0v) is 21.5. The number of anilines is 2. The lowest BCUT2D eigenvalue weighted by Crippen LogP contribution is -2.54. The number of likely N-dealkylation sites (N-methyl/N-ethyl adjacent to an activating group) is 1. The molecule has 1 amide bonds. The van der Waals surface area contributed by atoms with Crippen LogP contribution in [0.25, 0.3) is 0 Å². The van der Waals surface area contributed by atoms with E-state index in [2.05, 4.69) is 36.3 Å². The van der Waals surface area contributed by atoms with Crippen molar-refractivity contribution in [3.05, 3.63) is 40.7 Å². The highest BCUT2D eigenvalue weighted by atomic mass is 35.5. The summed E-state index contributed by atoms with van der Waals surface area (Å²) in [6.07, 6.45) is 2.93. The van der Waals surface area contributed by atoms with Crippen LogP contribution in [-0.2, 0) is 6.42 Å². The van der Waals surface area contributed by atoms with Crippen molar-refractivity contribution in [3.8, 4) is 5.75 Å². The van der Waals surface area contributed by atoms with Crippen molar-refractivity contribution in [1.82, 2.24) is 15.3 Å². The van der Waals surface area contributed by atoms with Gasteiger partial charge in [-0.15, -0.1) is 0 Å². The van der Waals surface area contributed by atoms with Crippen LogP contribution in [0.15, 0.2) is 24.3 Å². The summed E-state index contributed by atoms with van der Waals surface area (Å²) in [6.45, 7) is 3.25. The zero-order chi connectivity index (χ0) is 26.0. The van der Waals surface area contributed by atoms with Crippen molar-refractivity contribution in [2.24, 2.45) is 0 Å². The number of carbonyl (C=O) groups is 1. The Labute approximate surface area is 211 Å². The van der Waals surface area contributed by atoms with Crippen LogP contribution in [0.4, 0.5) is 11.6 Å². The molecule has 7 N–H and O–H groups in total. The molecule has 1 heterocycles. The van der Waals surface area contributed by atoms with Crippen LogP contribution < -0.4 is 21.5 Å². The van der Waals surface area contributed by atoms with Crippen LogP contribution in [0.1, 0.15) is 42.2 Å². The quantitative estimate of drug-likeness (QED) is 0.240. The first-order valence-electron chi connectivity index (χ1n) is 11.8. The van der Waals surface area contributed by atoms with Crippen molar-refractivity contribution in [1.29, 1.82) is 0 Å². The highest BCUT2D eigenvalue weighted by molar-refractivity contribution is 6.31. The summed E-state index contributed by atoms with van der Waals surface area (Å²) >= 11 is 5.90. The number of ether oxygens (including phenoxy) is 1. The molecule has 0 spiro atoms. The summed E-state index contributed by atoms with van der Waals surface area (Å²) < 4.78 is 6.20. The Hall–Kier alpha value is -2.66. The molecule has 2 aromatic rings. The summed E-state index contributed by atoms with van der Waals surface area (Å²) in [4.78, 5) is 20.5. The van der Waals surface area contributed by atoms with Gasteiger partial charge in [-0.2, -0.15) is 0 Å². The third kappa shape index (κ3) is 8.81. The van der Waals surface area contributed by atoms with Crippen molar-refractivity contribution >= 4 is 29.1 Å². The third-order valence-corrected chi connectivity index (χ3v) is 6.28. The topological polar surface area (TPSA) is 157 Å². The van der Waals surface area contributed by atoms with Crippen molar-refractivity contribution in [3.63, 3.8) is 0 Å². The van der Waals surface area contributed by atoms with Gasteiger partial charge in [-0.3, -0.25) is 4.79 Å². The Morgan fingerprint density at radius 2 is 1.89 bits per heavy atom. The van der Waals surface area contributed by atoms with E-state index < -0.39 is 12.0 Å². The van der Waals surface area contributed by atoms with Crippen LogP contribution >= 0.6 is 11.6 Å². The van der Waals surface area contributed by atoms with E-state index in [1.165, 1.54) is 5.56 Å². The van der Waals surface area contributed by atoms with E-state index in [4.69, 9.17) is 32.9 Å². The number of aliphatic hydroxyl groups is 2. The number of carbonyl (C=O) groups excluding carboxylic acids is 1. The van der Waals surface area contributed by atoms with Gasteiger partial charge in [0.05, 0.1) is 33.8 Å². The van der Waals surface area contributed by atoms with Gasteiger partial charge in [0.15, 0.2) is 22.5 Å². The first kappa shape index (κ1) is 28.6. The number of hydrogen-bond donors (Lipinski definition) is 5. The molecule has 2 atom stereocenters. The van der Waals surface area contributed by atoms with E-state index in [9.17, 15) is 9.90 Å². The normalized spacial score (nSPS) is 13.3. The first-order chi connectivity index (χ1) is 16.6. The first-order valence-corrected chi connectivity index (χ1v) is 12.1. The van der Waals surface area contributed by atoms with E-state index in [-0.39, 0.29) is 41.7 Å². The number of nitrogens with two attached hydrogens (primary N) is 2. The largest absolute Gasteiger partial charge is 0.491 e. The summed E-state index contributed by atoms with van der Waals surface area (Å²) in [5, 5.41) is 21.1. The second-order valence-electron chi connectivity index (χ2n) is 9.18. The maximum Gasteiger partial charge on any atom is 0.274 e. The molecule has 0 fully saturated rings. The minimum absolute atomic E-state index is 0.00922. The smallest absolute Gasteiger partial charge is 0.274 e. The van der Waals surface area contributed by atoms with Gasteiger partial charge >= 0.3 is 0 Å². The number of aliphatic hydroxyl groups excluding tert-OH is 2. The van der Waals surface area contributed by atoms with E-state index in [0.29, 0.717) is 12.3 Å². The Morgan fingerprint density at radius 3 is 2.51 bits per heavy atom. The number of amides is 1. The number of rotatable bonds is 14. The summed E-state index contributed by atoms with van der Waals surface area (Å²) in [5.74, 6) is 0.173. The predicted octanol–water partition coefficient (Wildman–Crippen LogP) is 1.63. The molecule has 11 heteroatoms. The number of nitrogen functional groups attached to an aromatic ring is 2. The molecule has 1 aromatic heterocycles. The van der Waals surface area contributed by atoms with Crippen LogP contribution in [0.5, 0.6) is 5.75 Å². The molecule has 0 bridgehead atoms. The second kappa shape index (κ2) is 13.4. The molecule has 2 rings (SSSR count). The fourth-order valence-electron chi connectivity index (χ4n) is 3.81. The Morgan fingerprint density at radius 1 is 1.20 bits per heavy atom. The number of benzene rings is 1. The lowest BCUT2D eigenvalue weighted by atomic mass is 10.1. The molecule has 0 radical (unpaired) electrons. The van der Waals surface area contributed by atoms with Crippen LogP contribution in [-0.4, -0.2) is 83.1 Å². The molecule has 0 saturated heterocycles. The predicted molar refractivity (Wildman–Crippen MR) is 137 cm³/mol. The van der Waals surface area contributed by atoms with Crippen LogP contribution in [0, 0.1) is 0 Å². The number of hydrogen-bond acceptors (Lipinski definition) is 8. The number of nitrogens with one attached hydrogen (secondary N) is 1. The second-order valence-corrected chi connectivity index (χ2v) is 9.54. The van der Waals surface area contributed by atoms with Gasteiger partial charge in [-0.1, -0.05) is 37.1 Å². The van der Waals surface area contributed by atoms with Gasteiger partial charge in [0, 0.05) is 12.8 Å². The van der Waals surface area contributed by atoms with Crippen molar-refractivity contribution in [2.45, 2.75) is 44.8 Å². The molecule has 0 unspecified atom stereocenters. The lowest BCUT2D eigenvalue weighted by Gasteiger charge is -2.38. The molecular weight excluding hydrogens is 472 g/mol. The molecule has 10 nitrogen and oxygen atoms in total. The van der Waals surface area contributed by atoms with Gasteiger partial charge in [-0.25, -0.2) is 9.97 Å². The highest BCUT2D eigenvalue weighted by Gasteiger charge is 2.28. The van der Waals surface area contributed by atoms with Gasteiger partial charge in [0.1, 0.15) is 24.5 Å². The molecular formula is C24H38ClN6O4+. The minimum Gasteiger partial charge on any atom is -0.491 e. The summed E-state index contributed by atoms with van der Waals surface area (Å²) in [6, 6.07) is 7.96. The SMILES string of the molecule is CCC[C@@H](CNC(=O)c1nc(Cl)c(N)nc1N)[N+](C)(C)CCCc1ccc(OC[C@H](O)CO)cc1. The zero-order valence-electron chi connectivity index (χ0n) is 20.7. The highest BCUT2D eigenvalue weighted by Crippen LogP contribution is 2.19. The van der Waals surface area contributed by atoms with Gasteiger partial charge < -0.3 is 36.2 Å². The molecule has 0 aliphatic heterocycles. The minimum atomic E-state index is -0.884. The van der Waals surface area contributed by atoms with Crippen molar-refractivity contribution in [2.75, 3.05) is 51.9 Å². The van der Waals surface area contributed by atoms with E-state index in [0.717, 1.165) is 36.7 Å². The fourth-order valence-corrected chi connectivity index (χ4v) is 3.93. The van der Waals surface area contributed by atoms with Crippen LogP contribution in [0.2, 0.25) is 5.15 Å². The van der Waals surface area contributed by atoms with Crippen LogP contribution in [0.3, 0.4) is 0 Å². The summed E-state index contributed by atoms with van der Waals surface area (Å²) in [5.41, 5.74) is 12.6. The Kier molecular flexibility index (Phi) is 11.0. The maximum absolute atomic E-state index is 12.7. The maximum atomic E-state index is 12.7. The molecule has 0 saturated carbocycles. The van der Waals surface area contributed by atoms with Crippen molar-refractivity contribution < 1.29 is 24.2 Å². The monoisotopic (exact) mass is 509 g/mol. The molecule has 35 heavy (non-hydrogen) atoms. The average molecular weight is 510 g/mol. The van der Waals surface area contributed by atoms with E-state index in [1.807, 2.05) is 24.3 Å². The molecule has 0 aliphatic carbocycles. The fraction of sp³-hybridized carbons (Fsp3) is 0.542. The Bertz CT molecular complexity index is 958. The number of quaternary nitrogens is 1. The number of aromatic nitrogens is 2.